The third kappa shape index (κ3) is 4.12. The van der Waals surface area contributed by atoms with Gasteiger partial charge in [-0.25, -0.2) is 4.79 Å². The number of nitrogens with zero attached hydrogens (tertiary/aromatic N) is 2. The minimum atomic E-state index is -1.08. The molecule has 3 aliphatic heterocycles. The number of likely N-dealkylation sites (tertiary alicyclic amines) is 1. The van der Waals surface area contributed by atoms with Gasteiger partial charge in [0.25, 0.3) is 5.91 Å². The molecule has 3 aliphatic rings. The third-order valence-electron chi connectivity index (χ3n) is 7.16. The lowest BCUT2D eigenvalue weighted by Crippen LogP contribution is -2.51. The van der Waals surface area contributed by atoms with Gasteiger partial charge in [0.2, 0.25) is 5.91 Å². The van der Waals surface area contributed by atoms with Crippen LogP contribution in [0.25, 0.3) is 11.0 Å². The Hall–Kier alpha value is -2.87. The van der Waals surface area contributed by atoms with E-state index >= 15 is 0 Å². The van der Waals surface area contributed by atoms with E-state index < -0.39 is 24.2 Å². The Balaban J connectivity index is 1.44. The minimum Gasteiger partial charge on any atom is -0.422 e. The molecule has 176 valence electrons. The predicted octanol–water partition coefficient (Wildman–Crippen LogP) is 1.99. The van der Waals surface area contributed by atoms with Crippen LogP contribution in [0.2, 0.25) is 0 Å². The molecule has 1 saturated heterocycles. The van der Waals surface area contributed by atoms with Crippen molar-refractivity contribution in [3.05, 3.63) is 39.2 Å². The van der Waals surface area contributed by atoms with E-state index in [1.165, 1.54) is 11.3 Å². The quantitative estimate of drug-likeness (QED) is 0.687. The number of carbonyl (C=O) groups is 2. The van der Waals surface area contributed by atoms with Crippen molar-refractivity contribution in [1.82, 2.24) is 10.2 Å². The molecule has 0 saturated carbocycles. The Kier molecular flexibility index (Phi) is 6.10. The molecule has 0 aliphatic carbocycles. The molecule has 4 heterocycles. The minimum absolute atomic E-state index is 0.139. The average Bonchev–Trinajstić information content (AvgIpc) is 3.12. The maximum Gasteiger partial charge on any atom is 0.349 e. The normalized spacial score (nSPS) is 19.1. The number of nitrogens with one attached hydrogen (secondary N) is 1. The molecule has 8 nitrogen and oxygen atoms in total. The summed E-state index contributed by atoms with van der Waals surface area (Å²) in [5.74, 6) is -1.00. The Morgan fingerprint density at radius 1 is 1.00 bits per heavy atom. The van der Waals surface area contributed by atoms with E-state index in [0.717, 1.165) is 75.4 Å². The second-order valence-electron chi connectivity index (χ2n) is 9.37. The molecule has 2 N–H and O–H groups in total. The second-order valence-corrected chi connectivity index (χ2v) is 9.37. The first-order valence-electron chi connectivity index (χ1n) is 12.1. The van der Waals surface area contributed by atoms with E-state index in [0.29, 0.717) is 18.7 Å². The first-order chi connectivity index (χ1) is 16.1. The summed E-state index contributed by atoms with van der Waals surface area (Å²) in [6.07, 6.45) is 7.87. The van der Waals surface area contributed by atoms with Crippen LogP contribution >= 0.6 is 0 Å². The van der Waals surface area contributed by atoms with Crippen LogP contribution < -0.4 is 15.8 Å². The van der Waals surface area contributed by atoms with Gasteiger partial charge in [-0.15, -0.1) is 0 Å². The molecule has 2 aromatic rings. The molecule has 5 rings (SSSR count). The van der Waals surface area contributed by atoms with Crippen LogP contribution in [0, 0.1) is 0 Å². The van der Waals surface area contributed by atoms with E-state index in [-0.39, 0.29) is 11.5 Å². The number of aryl methyl sites for hydroxylation is 2. The fourth-order valence-corrected chi connectivity index (χ4v) is 5.54. The van der Waals surface area contributed by atoms with Crippen LogP contribution in [0.3, 0.4) is 0 Å². The fourth-order valence-electron chi connectivity index (χ4n) is 5.54. The summed E-state index contributed by atoms with van der Waals surface area (Å²) in [6.45, 7) is 2.75. The van der Waals surface area contributed by atoms with E-state index in [4.69, 9.17) is 4.42 Å². The van der Waals surface area contributed by atoms with Crippen molar-refractivity contribution in [3.63, 3.8) is 0 Å². The molecular formula is C25H31N3O5. The number of benzene rings is 1. The molecule has 2 amide bonds. The number of aliphatic hydroxyl groups excluding tert-OH is 1. The zero-order chi connectivity index (χ0) is 22.9. The van der Waals surface area contributed by atoms with Gasteiger partial charge in [0.15, 0.2) is 0 Å². The standard InChI is InChI=1S/C25H31N3O5/c29-15-20(24(31)28-9-3-1-2-4-10-28)26-23(30)19-14-17-13-16-7-5-11-27-12-6-8-18(21(16)27)22(17)33-25(19)32/h13-14,20,29H,1-12,15H2,(H,26,30)/t20-/m0/s1. The van der Waals surface area contributed by atoms with Gasteiger partial charge in [-0.1, -0.05) is 12.8 Å². The van der Waals surface area contributed by atoms with Gasteiger partial charge in [0.1, 0.15) is 17.2 Å². The Morgan fingerprint density at radius 2 is 1.73 bits per heavy atom. The largest absolute Gasteiger partial charge is 0.422 e. The summed E-state index contributed by atoms with van der Waals surface area (Å²) in [4.78, 5) is 42.7. The lowest BCUT2D eigenvalue weighted by molar-refractivity contribution is -0.134. The van der Waals surface area contributed by atoms with E-state index in [9.17, 15) is 19.5 Å². The molecule has 8 heteroatoms. The van der Waals surface area contributed by atoms with E-state index in [1.54, 1.807) is 11.0 Å². The maximum atomic E-state index is 13.0. The summed E-state index contributed by atoms with van der Waals surface area (Å²) >= 11 is 0. The van der Waals surface area contributed by atoms with Crippen LogP contribution in [-0.2, 0) is 17.6 Å². The third-order valence-corrected chi connectivity index (χ3v) is 7.16. The average molecular weight is 454 g/mol. The number of rotatable bonds is 4. The highest BCUT2D eigenvalue weighted by atomic mass is 16.4. The molecular weight excluding hydrogens is 422 g/mol. The van der Waals surface area contributed by atoms with Crippen molar-refractivity contribution < 1.29 is 19.1 Å². The molecule has 33 heavy (non-hydrogen) atoms. The van der Waals surface area contributed by atoms with Crippen molar-refractivity contribution >= 4 is 28.5 Å². The molecule has 0 spiro atoms. The first-order valence-corrected chi connectivity index (χ1v) is 12.1. The van der Waals surface area contributed by atoms with Crippen molar-refractivity contribution in [2.45, 2.75) is 57.4 Å². The summed E-state index contributed by atoms with van der Waals surface area (Å²) in [5, 5.41) is 13.1. The highest BCUT2D eigenvalue weighted by Gasteiger charge is 2.30. The van der Waals surface area contributed by atoms with Crippen molar-refractivity contribution in [2.24, 2.45) is 0 Å². The summed E-state index contributed by atoms with van der Waals surface area (Å²) in [6, 6.07) is 2.52. The van der Waals surface area contributed by atoms with Crippen LogP contribution in [0.1, 0.15) is 60.0 Å². The first kappa shape index (κ1) is 21.9. The van der Waals surface area contributed by atoms with Crippen LogP contribution in [0.15, 0.2) is 21.3 Å². The monoisotopic (exact) mass is 453 g/mol. The van der Waals surface area contributed by atoms with Crippen molar-refractivity contribution in [1.29, 1.82) is 0 Å². The smallest absolute Gasteiger partial charge is 0.349 e. The molecule has 0 radical (unpaired) electrons. The topological polar surface area (TPSA) is 103 Å². The molecule has 1 aromatic heterocycles. The number of aliphatic hydroxyl groups is 1. The zero-order valence-electron chi connectivity index (χ0n) is 18.9. The van der Waals surface area contributed by atoms with Gasteiger partial charge in [-0.05, 0) is 56.2 Å². The van der Waals surface area contributed by atoms with Gasteiger partial charge >= 0.3 is 5.63 Å². The molecule has 1 fully saturated rings. The Morgan fingerprint density at radius 3 is 2.45 bits per heavy atom. The van der Waals surface area contributed by atoms with Gasteiger partial charge in [0.05, 0.1) is 6.61 Å². The zero-order valence-corrected chi connectivity index (χ0v) is 18.9. The summed E-state index contributed by atoms with van der Waals surface area (Å²) in [7, 11) is 0. The number of amides is 2. The van der Waals surface area contributed by atoms with E-state index in [2.05, 4.69) is 10.2 Å². The molecule has 1 atom stereocenters. The van der Waals surface area contributed by atoms with Crippen molar-refractivity contribution in [2.75, 3.05) is 37.7 Å². The molecule has 0 bridgehead atoms. The van der Waals surface area contributed by atoms with Crippen LogP contribution in [0.4, 0.5) is 5.69 Å². The Bertz CT molecular complexity index is 1130. The molecule has 1 aromatic carbocycles. The second kappa shape index (κ2) is 9.17. The Labute approximate surface area is 192 Å². The number of fused-ring (bicyclic) bond motifs is 2. The van der Waals surface area contributed by atoms with Gasteiger partial charge < -0.3 is 24.6 Å². The lowest BCUT2D eigenvalue weighted by Gasteiger charge is -2.37. The van der Waals surface area contributed by atoms with Gasteiger partial charge in [-0.3, -0.25) is 9.59 Å². The summed E-state index contributed by atoms with van der Waals surface area (Å²) in [5.41, 5.74) is 3.18. The van der Waals surface area contributed by atoms with Gasteiger partial charge in [0, 0.05) is 42.8 Å². The van der Waals surface area contributed by atoms with Crippen LogP contribution in [0.5, 0.6) is 0 Å². The lowest BCUT2D eigenvalue weighted by atomic mass is 9.90. The van der Waals surface area contributed by atoms with E-state index in [1.807, 2.05) is 6.07 Å². The fraction of sp³-hybridized carbons (Fsp3) is 0.560. The van der Waals surface area contributed by atoms with Crippen molar-refractivity contribution in [3.8, 4) is 0 Å². The van der Waals surface area contributed by atoms with Crippen LogP contribution in [-0.4, -0.2) is 60.6 Å². The number of anilines is 1. The number of hydrogen-bond acceptors (Lipinski definition) is 6. The highest BCUT2D eigenvalue weighted by Crippen LogP contribution is 2.39. The maximum absolute atomic E-state index is 13.0. The predicted molar refractivity (Wildman–Crippen MR) is 125 cm³/mol. The number of carbonyl (C=O) groups excluding carboxylic acids is 2. The summed E-state index contributed by atoms with van der Waals surface area (Å²) < 4.78 is 5.69. The highest BCUT2D eigenvalue weighted by molar-refractivity contribution is 6.00. The molecule has 0 unspecified atom stereocenters. The van der Waals surface area contributed by atoms with Gasteiger partial charge in [-0.2, -0.15) is 0 Å². The number of hydrogen-bond donors (Lipinski definition) is 2. The SMILES string of the molecule is O=C(N[C@@H](CO)C(=O)N1CCCCCC1)c1cc2cc3c4c(c2oc1=O)CCCN4CCC3.